The maximum atomic E-state index is 10.9. The Morgan fingerprint density at radius 2 is 2.18 bits per heavy atom. The second-order valence-corrected chi connectivity index (χ2v) is 4.03. The molecule has 7 heteroatoms. The van der Waals surface area contributed by atoms with Crippen molar-refractivity contribution in [2.45, 2.75) is 20.8 Å². The van der Waals surface area contributed by atoms with Crippen LogP contribution in [0.25, 0.3) is 5.57 Å². The predicted octanol–water partition coefficient (Wildman–Crippen LogP) is 2.47. The van der Waals surface area contributed by atoms with Crippen molar-refractivity contribution in [3.05, 3.63) is 47.4 Å². The molecular weight excluding hydrogens is 282 g/mol. The van der Waals surface area contributed by atoms with Crippen LogP contribution in [-0.2, 0) is 0 Å². The van der Waals surface area contributed by atoms with Gasteiger partial charge in [-0.2, -0.15) is 5.26 Å². The number of hydrogen-bond donors (Lipinski definition) is 3. The van der Waals surface area contributed by atoms with Crippen molar-refractivity contribution in [2.24, 2.45) is 5.73 Å². The maximum Gasteiger partial charge on any atom is 0.284 e. The molecule has 0 aliphatic rings. The molecule has 0 spiro atoms. The lowest BCUT2D eigenvalue weighted by Gasteiger charge is -1.98. The summed E-state index contributed by atoms with van der Waals surface area (Å²) in [5.41, 5.74) is 6.47. The molecule has 7 nitrogen and oxygen atoms in total. The maximum absolute atomic E-state index is 10.9. The number of imidazole rings is 1. The lowest BCUT2D eigenvalue weighted by atomic mass is 10.1. The van der Waals surface area contributed by atoms with Crippen LogP contribution in [0.4, 0.5) is 0 Å². The molecule has 0 bridgehead atoms. The lowest BCUT2D eigenvalue weighted by molar-refractivity contribution is 0.0991. The highest BCUT2D eigenvalue weighted by Crippen LogP contribution is 2.14. The van der Waals surface area contributed by atoms with E-state index in [1.54, 1.807) is 13.0 Å². The zero-order valence-electron chi connectivity index (χ0n) is 12.6. The van der Waals surface area contributed by atoms with Gasteiger partial charge in [-0.3, -0.25) is 10.2 Å². The number of furan rings is 1. The highest BCUT2D eigenvalue weighted by atomic mass is 16.3. The first kappa shape index (κ1) is 16.9. The monoisotopic (exact) mass is 299 g/mol. The molecule has 0 aromatic carbocycles. The summed E-state index contributed by atoms with van der Waals surface area (Å²) in [7, 11) is 0. The van der Waals surface area contributed by atoms with Crippen LogP contribution in [-0.4, -0.2) is 21.6 Å². The molecule has 2 aromatic heterocycles. The average Bonchev–Trinajstić information content (AvgIpc) is 3.18. The van der Waals surface area contributed by atoms with Gasteiger partial charge < -0.3 is 15.1 Å². The van der Waals surface area contributed by atoms with E-state index >= 15 is 0 Å². The Kier molecular flexibility index (Phi) is 5.84. The number of allylic oxidation sites excluding steroid dienone is 2. The second-order valence-electron chi connectivity index (χ2n) is 4.03. The molecular formula is C15H17N5O2. The summed E-state index contributed by atoms with van der Waals surface area (Å²) in [6.45, 7) is 5.75. The molecule has 0 atom stereocenters. The molecule has 0 aliphatic carbocycles. The molecule has 4 N–H and O–H groups in total. The number of nitrogens with two attached hydrogens (primary N) is 1. The van der Waals surface area contributed by atoms with E-state index in [1.165, 1.54) is 18.3 Å². The number of aromatic nitrogens is 2. The van der Waals surface area contributed by atoms with Crippen LogP contribution >= 0.6 is 0 Å². The summed E-state index contributed by atoms with van der Waals surface area (Å²) in [6.07, 6.45) is 3.00. The van der Waals surface area contributed by atoms with E-state index in [4.69, 9.17) is 20.8 Å². The molecule has 22 heavy (non-hydrogen) atoms. The molecule has 2 heterocycles. The fraction of sp³-hybridized carbons (Fsp3) is 0.200. The third kappa shape index (κ3) is 3.93. The van der Waals surface area contributed by atoms with Crippen LogP contribution in [0.15, 0.2) is 28.8 Å². The van der Waals surface area contributed by atoms with E-state index in [-0.39, 0.29) is 23.1 Å². The largest absolute Gasteiger partial charge is 0.444 e. The number of H-pyrrole nitrogens is 1. The third-order valence-corrected chi connectivity index (χ3v) is 2.58. The summed E-state index contributed by atoms with van der Waals surface area (Å²) in [5.74, 6) is -0.156. The molecule has 2 rings (SSSR count). The molecule has 0 unspecified atom stereocenters. The first-order chi connectivity index (χ1) is 10.5. The van der Waals surface area contributed by atoms with Gasteiger partial charge in [0.15, 0.2) is 11.6 Å². The van der Waals surface area contributed by atoms with Crippen molar-refractivity contribution in [1.29, 1.82) is 10.7 Å². The average molecular weight is 299 g/mol. The topological polar surface area (TPSA) is 133 Å². The van der Waals surface area contributed by atoms with Gasteiger partial charge in [0.25, 0.3) is 5.91 Å². The van der Waals surface area contributed by atoms with Gasteiger partial charge in [-0.05, 0) is 30.7 Å². The number of primary amides is 1. The van der Waals surface area contributed by atoms with Gasteiger partial charge in [-0.1, -0.05) is 13.8 Å². The van der Waals surface area contributed by atoms with Gasteiger partial charge in [-0.25, -0.2) is 4.98 Å². The molecule has 2 aromatic rings. The molecule has 0 saturated carbocycles. The number of nitrogens with zero attached hydrogens (tertiary/aromatic N) is 2. The zero-order chi connectivity index (χ0) is 16.7. The van der Waals surface area contributed by atoms with E-state index in [2.05, 4.69) is 9.97 Å². The number of amides is 1. The minimum atomic E-state index is -0.649. The van der Waals surface area contributed by atoms with E-state index in [1.807, 2.05) is 19.9 Å². The Morgan fingerprint density at radius 3 is 2.68 bits per heavy atom. The van der Waals surface area contributed by atoms with Crippen LogP contribution in [0, 0.1) is 16.7 Å². The summed E-state index contributed by atoms with van der Waals surface area (Å²) >= 11 is 0. The number of hydrogen-bond acceptors (Lipinski definition) is 5. The molecule has 114 valence electrons. The minimum Gasteiger partial charge on any atom is -0.444 e. The fourth-order valence-electron chi connectivity index (χ4n) is 1.55. The fourth-order valence-corrected chi connectivity index (χ4v) is 1.55. The third-order valence-electron chi connectivity index (χ3n) is 2.58. The van der Waals surface area contributed by atoms with E-state index < -0.39 is 5.91 Å². The lowest BCUT2D eigenvalue weighted by Crippen LogP contribution is -2.12. The Balaban J connectivity index is 0.00000116. The molecule has 0 saturated heterocycles. The van der Waals surface area contributed by atoms with Crippen LogP contribution in [0.5, 0.6) is 0 Å². The number of carbonyl (C=O) groups is 1. The Labute approximate surface area is 128 Å². The van der Waals surface area contributed by atoms with Crippen molar-refractivity contribution >= 4 is 17.2 Å². The quantitative estimate of drug-likeness (QED) is 0.748. The normalized spacial score (nSPS) is 10.4. The first-order valence-electron chi connectivity index (χ1n) is 6.63. The number of aromatic amines is 1. The van der Waals surface area contributed by atoms with Crippen LogP contribution < -0.4 is 5.73 Å². The van der Waals surface area contributed by atoms with Crippen LogP contribution in [0.2, 0.25) is 0 Å². The SMILES string of the molecule is C/C(=C/C(=N)c1ccc(C#N)o1)c1cnc(C(N)=O)[nH]1.CC. The van der Waals surface area contributed by atoms with Crippen molar-refractivity contribution in [3.8, 4) is 6.07 Å². The highest BCUT2D eigenvalue weighted by molar-refractivity contribution is 6.08. The Bertz CT molecular complexity index is 746. The number of rotatable bonds is 4. The van der Waals surface area contributed by atoms with Crippen molar-refractivity contribution in [1.82, 2.24) is 9.97 Å². The molecule has 0 aliphatic heterocycles. The smallest absolute Gasteiger partial charge is 0.284 e. The highest BCUT2D eigenvalue weighted by Gasteiger charge is 2.09. The summed E-state index contributed by atoms with van der Waals surface area (Å²) < 4.78 is 5.14. The van der Waals surface area contributed by atoms with Gasteiger partial charge >= 0.3 is 0 Å². The van der Waals surface area contributed by atoms with E-state index in [9.17, 15) is 4.79 Å². The van der Waals surface area contributed by atoms with Crippen LogP contribution in [0.1, 0.15) is 48.6 Å². The van der Waals surface area contributed by atoms with Crippen molar-refractivity contribution in [3.63, 3.8) is 0 Å². The predicted molar refractivity (Wildman–Crippen MR) is 82.4 cm³/mol. The summed E-state index contributed by atoms with van der Waals surface area (Å²) in [6, 6.07) is 4.89. The van der Waals surface area contributed by atoms with E-state index in [0.717, 1.165) is 0 Å². The van der Waals surface area contributed by atoms with E-state index in [0.29, 0.717) is 11.3 Å². The van der Waals surface area contributed by atoms with Crippen molar-refractivity contribution in [2.75, 3.05) is 0 Å². The van der Waals surface area contributed by atoms with Gasteiger partial charge in [0.05, 0.1) is 17.6 Å². The van der Waals surface area contributed by atoms with Crippen molar-refractivity contribution < 1.29 is 9.21 Å². The second kappa shape index (κ2) is 7.59. The number of carbonyl (C=O) groups excluding carboxylic acids is 1. The van der Waals surface area contributed by atoms with Gasteiger partial charge in [0, 0.05) is 0 Å². The number of nitriles is 1. The number of nitrogens with one attached hydrogen (secondary N) is 2. The standard InChI is InChI=1S/C13H11N5O2.C2H6/c1-7(10-6-17-13(18-10)12(16)19)4-9(15)11-3-2-8(5-14)20-11;1-2/h2-4,6,15H,1H3,(H2,16,19)(H,17,18);1-2H3/b7-4-,15-9?;. The minimum absolute atomic E-state index is 0.0593. The molecule has 0 radical (unpaired) electrons. The summed E-state index contributed by atoms with van der Waals surface area (Å²) in [5, 5.41) is 16.5. The molecule has 1 amide bonds. The zero-order valence-corrected chi connectivity index (χ0v) is 12.6. The summed E-state index contributed by atoms with van der Waals surface area (Å²) in [4.78, 5) is 17.5. The Hall–Kier alpha value is -3.14. The first-order valence-corrected chi connectivity index (χ1v) is 6.63. The van der Waals surface area contributed by atoms with Gasteiger partial charge in [-0.15, -0.1) is 0 Å². The molecule has 0 fully saturated rings. The van der Waals surface area contributed by atoms with Gasteiger partial charge in [0.1, 0.15) is 6.07 Å². The van der Waals surface area contributed by atoms with Crippen LogP contribution in [0.3, 0.4) is 0 Å². The Morgan fingerprint density at radius 1 is 1.50 bits per heavy atom. The van der Waals surface area contributed by atoms with Gasteiger partial charge in [0.2, 0.25) is 5.76 Å².